The van der Waals surface area contributed by atoms with Crippen molar-refractivity contribution in [3.05, 3.63) is 60.7 Å². The third-order valence-corrected chi connectivity index (χ3v) is 7.67. The van der Waals surface area contributed by atoms with Crippen LogP contribution >= 0.6 is 23.2 Å². The van der Waals surface area contributed by atoms with Crippen molar-refractivity contribution in [3.8, 4) is 0 Å². The molecule has 2 rings (SSSR count). The van der Waals surface area contributed by atoms with E-state index in [0.717, 1.165) is 0 Å². The van der Waals surface area contributed by atoms with Crippen molar-refractivity contribution in [1.82, 2.24) is 0 Å². The van der Waals surface area contributed by atoms with E-state index >= 15 is 0 Å². The summed E-state index contributed by atoms with van der Waals surface area (Å²) in [6.45, 7) is 0. The van der Waals surface area contributed by atoms with Crippen molar-refractivity contribution < 1.29 is 19.8 Å². The number of benzene rings is 2. The molecule has 0 aliphatic rings. The Bertz CT molecular complexity index is 541. The fraction of sp³-hybridized carbons (Fsp3) is 0.222. The van der Waals surface area contributed by atoms with Crippen LogP contribution in [0.5, 0.6) is 0 Å². The topological polar surface area (TPSA) is 74.6 Å². The van der Waals surface area contributed by atoms with E-state index in [9.17, 15) is 9.59 Å². The molecule has 0 amide bonds. The fourth-order valence-corrected chi connectivity index (χ4v) is 5.78. The van der Waals surface area contributed by atoms with Crippen molar-refractivity contribution in [1.29, 1.82) is 0 Å². The normalized spacial score (nSPS) is 9.04. The van der Waals surface area contributed by atoms with Crippen LogP contribution in [-0.4, -0.2) is 58.1 Å². The summed E-state index contributed by atoms with van der Waals surface area (Å²) in [6, 6.07) is 21.7. The molecule has 25 heavy (non-hydrogen) atoms. The molecule has 0 heterocycles. The van der Waals surface area contributed by atoms with Gasteiger partial charge in [0.05, 0.1) is 12.8 Å². The Morgan fingerprint density at radius 2 is 1.04 bits per heavy atom. The van der Waals surface area contributed by atoms with E-state index in [1.807, 2.05) is 0 Å². The van der Waals surface area contributed by atoms with Gasteiger partial charge in [-0.3, -0.25) is 9.59 Å². The maximum absolute atomic E-state index is 9.51. The van der Waals surface area contributed by atoms with Crippen LogP contribution in [0.3, 0.4) is 0 Å². The molecule has 0 aromatic heterocycles. The predicted octanol–water partition coefficient (Wildman–Crippen LogP) is 2.74. The van der Waals surface area contributed by atoms with Gasteiger partial charge < -0.3 is 10.2 Å². The Kier molecular flexibility index (Phi) is 15.6. The molecule has 0 unspecified atom stereocenters. The van der Waals surface area contributed by atoms with Crippen LogP contribution in [0.2, 0.25) is 0 Å². The minimum atomic E-state index is -0.843. The first-order valence-corrected chi connectivity index (χ1v) is 12.4. The zero-order valence-corrected chi connectivity index (χ0v) is 19.0. The molecular formula is C18H20Cl2O4Pb. The number of rotatable bonds is 6. The molecule has 2 aromatic rings. The second kappa shape index (κ2) is 16.4. The Morgan fingerprint density at radius 3 is 1.24 bits per heavy atom. The molecule has 0 saturated carbocycles. The number of hydrogen-bond acceptors (Lipinski definition) is 2. The van der Waals surface area contributed by atoms with E-state index in [4.69, 9.17) is 33.4 Å². The second-order valence-corrected chi connectivity index (χ2v) is 10.7. The van der Waals surface area contributed by atoms with Gasteiger partial charge in [-0.1, -0.05) is 0 Å². The van der Waals surface area contributed by atoms with Gasteiger partial charge in [-0.15, -0.1) is 23.2 Å². The third kappa shape index (κ3) is 16.1. The molecule has 0 aliphatic carbocycles. The van der Waals surface area contributed by atoms with Crippen LogP contribution in [0.15, 0.2) is 60.7 Å². The molecule has 0 saturated heterocycles. The summed E-state index contributed by atoms with van der Waals surface area (Å²) in [6.07, 6.45) is 0.114. The number of hydrogen-bond donors (Lipinski definition) is 2. The number of carboxylic acid groups (broad SMARTS) is 2. The fourth-order valence-electron chi connectivity index (χ4n) is 1.37. The van der Waals surface area contributed by atoms with Crippen LogP contribution < -0.4 is 6.25 Å². The summed E-state index contributed by atoms with van der Waals surface area (Å²) >= 11 is 9.29. The average molecular weight is 578 g/mol. The monoisotopic (exact) mass is 578 g/mol. The summed E-state index contributed by atoms with van der Waals surface area (Å²) in [5.41, 5.74) is 0. The van der Waals surface area contributed by atoms with Gasteiger partial charge in [0.15, 0.2) is 0 Å². The van der Waals surface area contributed by atoms with Crippen LogP contribution in [0, 0.1) is 0 Å². The van der Waals surface area contributed by atoms with Crippen molar-refractivity contribution in [2.75, 3.05) is 11.8 Å². The molecule has 7 heteroatoms. The molecule has 0 aliphatic heterocycles. The molecular weight excluding hydrogens is 558 g/mol. The molecule has 0 fully saturated rings. The molecule has 2 aromatic carbocycles. The Hall–Kier alpha value is -1.12. The van der Waals surface area contributed by atoms with Crippen molar-refractivity contribution in [2.24, 2.45) is 0 Å². The van der Waals surface area contributed by atoms with Crippen molar-refractivity contribution in [2.45, 2.75) is 12.8 Å². The van der Waals surface area contributed by atoms with Crippen molar-refractivity contribution in [3.63, 3.8) is 0 Å². The molecule has 2 N–H and O–H groups in total. The minimum absolute atomic E-state index is 0.0571. The first kappa shape index (κ1) is 23.9. The van der Waals surface area contributed by atoms with Crippen LogP contribution in [-0.2, 0) is 9.59 Å². The molecule has 134 valence electrons. The number of alkyl halides is 2. The van der Waals surface area contributed by atoms with Gasteiger partial charge in [-0.2, -0.15) is 0 Å². The van der Waals surface area contributed by atoms with Gasteiger partial charge >= 0.3 is 103 Å². The quantitative estimate of drug-likeness (QED) is 0.409. The first-order valence-electron chi connectivity index (χ1n) is 7.42. The van der Waals surface area contributed by atoms with E-state index in [1.54, 1.807) is 6.25 Å². The Balaban J connectivity index is 0.000000406. The number of halogens is 2. The first-order chi connectivity index (χ1) is 12.0. The third-order valence-electron chi connectivity index (χ3n) is 2.45. The van der Waals surface area contributed by atoms with Gasteiger partial charge in [-0.25, -0.2) is 0 Å². The summed E-state index contributed by atoms with van der Waals surface area (Å²) < 4.78 is 3.13. The van der Waals surface area contributed by atoms with Gasteiger partial charge in [0, 0.05) is 11.8 Å². The zero-order valence-electron chi connectivity index (χ0n) is 13.6. The predicted molar refractivity (Wildman–Crippen MR) is 104 cm³/mol. The Morgan fingerprint density at radius 1 is 0.720 bits per heavy atom. The maximum atomic E-state index is 9.51. The number of aliphatic carboxylic acids is 2. The van der Waals surface area contributed by atoms with E-state index < -0.39 is 36.2 Å². The van der Waals surface area contributed by atoms with Crippen molar-refractivity contribution >= 4 is 65.6 Å². The number of carboxylic acids is 2. The Labute approximate surface area is 170 Å². The summed E-state index contributed by atoms with van der Waals surface area (Å²) in [4.78, 5) is 19.0. The van der Waals surface area contributed by atoms with Gasteiger partial charge in [0.25, 0.3) is 0 Å². The summed E-state index contributed by atoms with van der Waals surface area (Å²) in [7, 11) is 0. The standard InChI is InChI=1S/2C6H5.2C3H5ClO2.Pb/c2*1-2-4-6-5-3-1;2*4-2-1-3(5)6;/h2*1-5H;2*1-2H2,(H,5,6);. The van der Waals surface area contributed by atoms with Crippen LogP contribution in [0.4, 0.5) is 0 Å². The molecule has 0 atom stereocenters. The molecule has 4 nitrogen and oxygen atoms in total. The van der Waals surface area contributed by atoms with E-state index in [1.165, 1.54) is 0 Å². The van der Waals surface area contributed by atoms with Gasteiger partial charge in [-0.05, 0) is 0 Å². The zero-order chi connectivity index (χ0) is 18.9. The van der Waals surface area contributed by atoms with E-state index in [-0.39, 0.29) is 24.6 Å². The van der Waals surface area contributed by atoms with E-state index in [0.29, 0.717) is 0 Å². The molecule has 0 spiro atoms. The van der Waals surface area contributed by atoms with Gasteiger partial charge in [0.2, 0.25) is 0 Å². The molecule has 0 bridgehead atoms. The summed E-state index contributed by atoms with van der Waals surface area (Å²) in [5.74, 6) is -1.28. The molecule has 2 radical (unpaired) electrons. The van der Waals surface area contributed by atoms with Gasteiger partial charge in [0.1, 0.15) is 0 Å². The number of carbonyl (C=O) groups is 2. The van der Waals surface area contributed by atoms with Crippen LogP contribution in [0.25, 0.3) is 0 Å². The van der Waals surface area contributed by atoms with Crippen LogP contribution in [0.1, 0.15) is 12.8 Å². The summed E-state index contributed by atoms with van der Waals surface area (Å²) in [5, 5.41) is 15.7. The second-order valence-electron chi connectivity index (χ2n) is 4.52. The van der Waals surface area contributed by atoms with E-state index in [2.05, 4.69) is 60.7 Å². The SMILES string of the molecule is O=C(O)CCCl.O=C(O)CCCl.c1cc[c]([Pb][c]2ccccc2)cc1. The average Bonchev–Trinajstić information content (AvgIpc) is 2.57.